The minimum absolute atomic E-state index is 0.0425. The van der Waals surface area contributed by atoms with E-state index in [1.165, 1.54) is 0 Å². The fourth-order valence-corrected chi connectivity index (χ4v) is 2.17. The first-order chi connectivity index (χ1) is 10.6. The molecule has 1 heterocycles. The predicted octanol–water partition coefficient (Wildman–Crippen LogP) is 2.84. The van der Waals surface area contributed by atoms with Crippen molar-refractivity contribution in [3.63, 3.8) is 0 Å². The second-order valence-corrected chi connectivity index (χ2v) is 5.18. The van der Waals surface area contributed by atoms with Crippen LogP contribution in [0.5, 0.6) is 11.5 Å². The van der Waals surface area contributed by atoms with Crippen molar-refractivity contribution in [1.29, 1.82) is 0 Å². The summed E-state index contributed by atoms with van der Waals surface area (Å²) in [5, 5.41) is 3.95. The summed E-state index contributed by atoms with van der Waals surface area (Å²) in [4.78, 5) is 6.54. The van der Waals surface area contributed by atoms with Crippen molar-refractivity contribution in [3.05, 3.63) is 35.5 Å². The maximum Gasteiger partial charge on any atom is 0.243 e. The molecule has 0 fully saturated rings. The lowest BCUT2D eigenvalue weighted by molar-refractivity contribution is 0.202. The lowest BCUT2D eigenvalue weighted by Crippen LogP contribution is -2.22. The van der Waals surface area contributed by atoms with Crippen LogP contribution in [0.15, 0.2) is 22.7 Å². The highest BCUT2D eigenvalue weighted by molar-refractivity contribution is 5.42. The standard InChI is InChI=1S/C16H23N3O3/c1-6-15-17-16(22-18-15)11(2)19(3)10-12-7-8-13(20-4)14(9-12)21-5/h7-9,11H,6,10H2,1-5H3/t11-/m1/s1. The number of nitrogens with zero attached hydrogens (tertiary/aromatic N) is 3. The van der Waals surface area contributed by atoms with E-state index in [-0.39, 0.29) is 6.04 Å². The van der Waals surface area contributed by atoms with Crippen molar-refractivity contribution in [2.75, 3.05) is 21.3 Å². The molecule has 0 amide bonds. The molecule has 1 atom stereocenters. The smallest absolute Gasteiger partial charge is 0.243 e. The number of aryl methyl sites for hydroxylation is 1. The molecule has 0 aliphatic heterocycles. The van der Waals surface area contributed by atoms with Crippen LogP contribution in [0.25, 0.3) is 0 Å². The van der Waals surface area contributed by atoms with Crippen molar-refractivity contribution >= 4 is 0 Å². The molecule has 0 unspecified atom stereocenters. The molecular formula is C16H23N3O3. The predicted molar refractivity (Wildman–Crippen MR) is 83.1 cm³/mol. The van der Waals surface area contributed by atoms with Gasteiger partial charge in [-0.1, -0.05) is 18.1 Å². The normalized spacial score (nSPS) is 12.5. The first-order valence-electron chi connectivity index (χ1n) is 7.32. The molecule has 22 heavy (non-hydrogen) atoms. The van der Waals surface area contributed by atoms with E-state index in [9.17, 15) is 0 Å². The van der Waals surface area contributed by atoms with Crippen molar-refractivity contribution < 1.29 is 14.0 Å². The third-order valence-electron chi connectivity index (χ3n) is 3.70. The van der Waals surface area contributed by atoms with Gasteiger partial charge in [-0.05, 0) is 31.7 Å². The molecule has 0 aliphatic rings. The fraction of sp³-hybridized carbons (Fsp3) is 0.500. The van der Waals surface area contributed by atoms with Crippen LogP contribution >= 0.6 is 0 Å². The van der Waals surface area contributed by atoms with Crippen LogP contribution in [0.2, 0.25) is 0 Å². The van der Waals surface area contributed by atoms with Gasteiger partial charge in [0.05, 0.1) is 20.3 Å². The van der Waals surface area contributed by atoms with Crippen LogP contribution in [0.3, 0.4) is 0 Å². The van der Waals surface area contributed by atoms with Crippen LogP contribution in [0, 0.1) is 0 Å². The zero-order valence-electron chi connectivity index (χ0n) is 13.8. The van der Waals surface area contributed by atoms with Gasteiger partial charge >= 0.3 is 0 Å². The van der Waals surface area contributed by atoms with E-state index in [0.29, 0.717) is 5.89 Å². The number of benzene rings is 1. The highest BCUT2D eigenvalue weighted by Crippen LogP contribution is 2.29. The number of hydrogen-bond acceptors (Lipinski definition) is 6. The molecule has 0 saturated carbocycles. The number of aromatic nitrogens is 2. The van der Waals surface area contributed by atoms with E-state index < -0.39 is 0 Å². The van der Waals surface area contributed by atoms with Crippen molar-refractivity contribution in [2.45, 2.75) is 32.9 Å². The molecule has 0 bridgehead atoms. The summed E-state index contributed by atoms with van der Waals surface area (Å²) in [7, 11) is 5.29. The van der Waals surface area contributed by atoms with Gasteiger partial charge in [-0.2, -0.15) is 4.98 Å². The summed E-state index contributed by atoms with van der Waals surface area (Å²) in [5.41, 5.74) is 1.13. The van der Waals surface area contributed by atoms with E-state index in [1.54, 1.807) is 14.2 Å². The first-order valence-corrected chi connectivity index (χ1v) is 7.32. The lowest BCUT2D eigenvalue weighted by atomic mass is 10.1. The molecule has 0 radical (unpaired) electrons. The SMILES string of the molecule is CCc1noc([C@@H](C)N(C)Cc2ccc(OC)c(OC)c2)n1. The first kappa shape index (κ1) is 16.3. The van der Waals surface area contributed by atoms with Gasteiger partial charge in [-0.3, -0.25) is 4.90 Å². The molecule has 2 rings (SSSR count). The fourth-order valence-electron chi connectivity index (χ4n) is 2.17. The molecule has 0 saturated heterocycles. The monoisotopic (exact) mass is 305 g/mol. The summed E-state index contributed by atoms with van der Waals surface area (Å²) in [5.74, 6) is 2.83. The lowest BCUT2D eigenvalue weighted by Gasteiger charge is -2.22. The van der Waals surface area contributed by atoms with Crippen molar-refractivity contribution in [1.82, 2.24) is 15.0 Å². The van der Waals surface area contributed by atoms with Crippen LogP contribution in [0.4, 0.5) is 0 Å². The molecule has 0 spiro atoms. The zero-order chi connectivity index (χ0) is 16.1. The molecule has 1 aromatic carbocycles. The number of rotatable bonds is 7. The Morgan fingerprint density at radius 2 is 1.95 bits per heavy atom. The molecule has 120 valence electrons. The van der Waals surface area contributed by atoms with Gasteiger partial charge in [0.2, 0.25) is 5.89 Å². The Morgan fingerprint density at radius 3 is 2.55 bits per heavy atom. The van der Waals surface area contributed by atoms with Gasteiger partial charge < -0.3 is 14.0 Å². The van der Waals surface area contributed by atoms with Crippen LogP contribution in [-0.4, -0.2) is 36.3 Å². The average molecular weight is 305 g/mol. The third kappa shape index (κ3) is 3.57. The van der Waals surface area contributed by atoms with Crippen molar-refractivity contribution in [2.24, 2.45) is 0 Å². The Kier molecular flexibility index (Phi) is 5.38. The Morgan fingerprint density at radius 1 is 1.23 bits per heavy atom. The minimum atomic E-state index is 0.0425. The Labute approximate surface area is 131 Å². The van der Waals surface area contributed by atoms with Gasteiger partial charge in [-0.15, -0.1) is 0 Å². The summed E-state index contributed by atoms with van der Waals surface area (Å²) in [6.45, 7) is 4.80. The van der Waals surface area contributed by atoms with Crippen molar-refractivity contribution in [3.8, 4) is 11.5 Å². The zero-order valence-corrected chi connectivity index (χ0v) is 13.8. The molecule has 0 aliphatic carbocycles. The molecule has 1 aromatic heterocycles. The van der Waals surface area contributed by atoms with Crippen LogP contribution in [-0.2, 0) is 13.0 Å². The van der Waals surface area contributed by atoms with E-state index >= 15 is 0 Å². The second-order valence-electron chi connectivity index (χ2n) is 5.18. The minimum Gasteiger partial charge on any atom is -0.493 e. The molecule has 0 N–H and O–H groups in total. The summed E-state index contributed by atoms with van der Waals surface area (Å²) >= 11 is 0. The Hall–Kier alpha value is -2.08. The van der Waals surface area contributed by atoms with Crippen LogP contribution in [0.1, 0.15) is 37.2 Å². The maximum atomic E-state index is 5.34. The molecule has 6 heteroatoms. The second kappa shape index (κ2) is 7.26. The Bertz CT molecular complexity index is 612. The molecular weight excluding hydrogens is 282 g/mol. The van der Waals surface area contributed by atoms with Gasteiger partial charge in [0, 0.05) is 13.0 Å². The number of ether oxygens (including phenoxy) is 2. The maximum absolute atomic E-state index is 5.34. The van der Waals surface area contributed by atoms with E-state index in [4.69, 9.17) is 14.0 Å². The summed E-state index contributed by atoms with van der Waals surface area (Å²) in [6.07, 6.45) is 0.773. The van der Waals surface area contributed by atoms with Crippen LogP contribution < -0.4 is 9.47 Å². The van der Waals surface area contributed by atoms with Gasteiger partial charge in [-0.25, -0.2) is 0 Å². The molecule has 6 nitrogen and oxygen atoms in total. The summed E-state index contributed by atoms with van der Waals surface area (Å²) in [6, 6.07) is 5.96. The highest BCUT2D eigenvalue weighted by atomic mass is 16.5. The number of methoxy groups -OCH3 is 2. The van der Waals surface area contributed by atoms with Gasteiger partial charge in [0.15, 0.2) is 17.3 Å². The topological polar surface area (TPSA) is 60.6 Å². The highest BCUT2D eigenvalue weighted by Gasteiger charge is 2.19. The van der Waals surface area contributed by atoms with E-state index in [0.717, 1.165) is 35.9 Å². The molecule has 2 aromatic rings. The third-order valence-corrected chi connectivity index (χ3v) is 3.70. The van der Waals surface area contributed by atoms with Gasteiger partial charge in [0.25, 0.3) is 0 Å². The van der Waals surface area contributed by atoms with E-state index in [2.05, 4.69) is 15.0 Å². The Balaban J connectivity index is 2.09. The van der Waals surface area contributed by atoms with E-state index in [1.807, 2.05) is 39.1 Å². The average Bonchev–Trinajstić information content (AvgIpc) is 3.02. The largest absolute Gasteiger partial charge is 0.493 e. The quantitative estimate of drug-likeness (QED) is 0.784. The number of hydrogen-bond donors (Lipinski definition) is 0. The summed E-state index contributed by atoms with van der Waals surface area (Å²) < 4.78 is 15.9. The van der Waals surface area contributed by atoms with Gasteiger partial charge in [0.1, 0.15) is 0 Å².